The molecule has 1 aliphatic rings. The maximum atomic E-state index is 12.6. The number of pyridine rings is 1. The first-order valence-electron chi connectivity index (χ1n) is 10.1. The van der Waals surface area contributed by atoms with Crippen LogP contribution >= 0.6 is 36.9 Å². The van der Waals surface area contributed by atoms with E-state index in [9.17, 15) is 9.59 Å². The van der Waals surface area contributed by atoms with Crippen molar-refractivity contribution in [3.8, 4) is 0 Å². The van der Waals surface area contributed by atoms with Gasteiger partial charge in [0.2, 0.25) is 0 Å². The molecular weight excluding hydrogens is 497 g/mol. The smallest absolute Gasteiger partial charge is 0.410 e. The molecule has 1 amide bonds. The summed E-state index contributed by atoms with van der Waals surface area (Å²) in [6, 6.07) is 2.04. The lowest BCUT2D eigenvalue weighted by Crippen LogP contribution is -2.36. The maximum absolute atomic E-state index is 12.6. The first-order valence-corrected chi connectivity index (χ1v) is 12.7. The number of ether oxygens (including phenoxy) is 1. The summed E-state index contributed by atoms with van der Waals surface area (Å²) in [5.41, 5.74) is 2.67. The second-order valence-electron chi connectivity index (χ2n) is 8.96. The lowest BCUT2D eigenvalue weighted by atomic mass is 10.0. The Bertz CT molecular complexity index is 1040. The van der Waals surface area contributed by atoms with Crippen molar-refractivity contribution in [3.63, 3.8) is 0 Å². The molecule has 2 heterocycles. The predicted octanol–water partition coefficient (Wildman–Crippen LogP) is 5.01. The Morgan fingerprint density at radius 2 is 2.10 bits per heavy atom. The van der Waals surface area contributed by atoms with Crippen LogP contribution in [-0.4, -0.2) is 53.3 Å². The fourth-order valence-corrected chi connectivity index (χ4v) is 5.07. The van der Waals surface area contributed by atoms with Crippen molar-refractivity contribution in [1.29, 1.82) is 0 Å². The zero-order valence-corrected chi connectivity index (χ0v) is 22.3. The van der Waals surface area contributed by atoms with Crippen molar-refractivity contribution in [2.24, 2.45) is 5.92 Å². The monoisotopic (exact) mass is 525 g/mol. The van der Waals surface area contributed by atoms with E-state index in [-0.39, 0.29) is 18.1 Å². The average molecular weight is 526 g/mol. The van der Waals surface area contributed by atoms with Gasteiger partial charge in [0.05, 0.1) is 16.8 Å². The zero-order valence-electron chi connectivity index (χ0n) is 18.7. The molecule has 0 bridgehead atoms. The van der Waals surface area contributed by atoms with Crippen molar-refractivity contribution in [3.05, 3.63) is 21.7 Å². The third kappa shape index (κ3) is 5.01. The maximum Gasteiger partial charge on any atom is 0.410 e. The molecule has 31 heavy (non-hydrogen) atoms. The molecule has 1 fully saturated rings. The first-order chi connectivity index (χ1) is 14.5. The van der Waals surface area contributed by atoms with E-state index in [1.807, 2.05) is 40.0 Å². The standard InChI is InChI=1S/C22H29BrN3O3PS/c1-11-7-13-17(14(10-27)20(31-6)25-18(13)19(30)16(11)23)24-15-9-26(8-12(15)2)21(28)29-22(3,4)5/h7,10,12,15H,8-9,30H2,1-6H3,(H,24,25)/t12-,15-/m1/s1. The number of hydrogen-bond donors (Lipinski definition) is 1. The Morgan fingerprint density at radius 1 is 1.42 bits per heavy atom. The number of aryl methyl sites for hydroxylation is 1. The summed E-state index contributed by atoms with van der Waals surface area (Å²) in [4.78, 5) is 31.1. The topological polar surface area (TPSA) is 71.5 Å². The minimum absolute atomic E-state index is 0.0107. The molecule has 1 unspecified atom stereocenters. The number of amides is 1. The van der Waals surface area contributed by atoms with Gasteiger partial charge in [-0.2, -0.15) is 0 Å². The summed E-state index contributed by atoms with van der Waals surface area (Å²) >= 11 is 5.08. The highest BCUT2D eigenvalue weighted by atomic mass is 79.9. The van der Waals surface area contributed by atoms with Crippen LogP contribution in [0.5, 0.6) is 0 Å². The van der Waals surface area contributed by atoms with Crippen molar-refractivity contribution in [2.75, 3.05) is 24.7 Å². The molecule has 3 atom stereocenters. The third-order valence-corrected chi connectivity index (χ3v) is 8.08. The molecule has 0 radical (unpaired) electrons. The van der Waals surface area contributed by atoms with Gasteiger partial charge in [0.1, 0.15) is 10.6 Å². The van der Waals surface area contributed by atoms with E-state index < -0.39 is 5.60 Å². The number of aldehydes is 1. The number of benzene rings is 1. The van der Waals surface area contributed by atoms with E-state index in [1.165, 1.54) is 11.8 Å². The largest absolute Gasteiger partial charge is 0.444 e. The Morgan fingerprint density at radius 3 is 2.68 bits per heavy atom. The van der Waals surface area contributed by atoms with Crippen molar-refractivity contribution in [2.45, 2.75) is 51.3 Å². The van der Waals surface area contributed by atoms with Gasteiger partial charge in [-0.05, 0) is 67.4 Å². The van der Waals surface area contributed by atoms with E-state index in [0.717, 1.165) is 38.2 Å². The molecule has 1 aliphatic heterocycles. The number of nitrogens with zero attached hydrogens (tertiary/aromatic N) is 2. The number of fused-ring (bicyclic) bond motifs is 1. The fourth-order valence-electron chi connectivity index (χ4n) is 3.77. The van der Waals surface area contributed by atoms with Crippen molar-refractivity contribution < 1.29 is 14.3 Å². The molecule has 9 heteroatoms. The summed E-state index contributed by atoms with van der Waals surface area (Å²) in [5.74, 6) is 0.194. The molecule has 3 rings (SSSR count). The first kappa shape index (κ1) is 24.3. The number of thioether (sulfide) groups is 1. The van der Waals surface area contributed by atoms with Crippen LogP contribution in [0.15, 0.2) is 15.6 Å². The number of rotatable bonds is 4. The van der Waals surface area contributed by atoms with E-state index in [4.69, 9.17) is 9.72 Å². The number of aromatic nitrogens is 1. The minimum atomic E-state index is -0.537. The highest BCUT2D eigenvalue weighted by Crippen LogP contribution is 2.36. The number of halogens is 1. The predicted molar refractivity (Wildman–Crippen MR) is 135 cm³/mol. The second kappa shape index (κ2) is 9.24. The van der Waals surface area contributed by atoms with Gasteiger partial charge >= 0.3 is 6.09 Å². The highest BCUT2D eigenvalue weighted by molar-refractivity contribution is 9.10. The second-order valence-corrected chi connectivity index (χ2v) is 11.1. The third-order valence-electron chi connectivity index (χ3n) is 5.34. The van der Waals surface area contributed by atoms with Gasteiger partial charge in [-0.1, -0.05) is 6.92 Å². The van der Waals surface area contributed by atoms with Crippen LogP contribution in [0.3, 0.4) is 0 Å². The number of nitrogens with one attached hydrogen (secondary N) is 1. The summed E-state index contributed by atoms with van der Waals surface area (Å²) in [6.45, 7) is 10.8. The molecule has 0 aliphatic carbocycles. The van der Waals surface area contributed by atoms with Crippen molar-refractivity contribution in [1.82, 2.24) is 9.88 Å². The van der Waals surface area contributed by atoms with Gasteiger partial charge in [-0.15, -0.1) is 21.0 Å². The van der Waals surface area contributed by atoms with Crippen LogP contribution in [-0.2, 0) is 4.74 Å². The molecule has 0 saturated carbocycles. The summed E-state index contributed by atoms with van der Waals surface area (Å²) in [6.07, 6.45) is 2.47. The lowest BCUT2D eigenvalue weighted by molar-refractivity contribution is 0.0288. The van der Waals surface area contributed by atoms with E-state index in [2.05, 4.69) is 37.4 Å². The van der Waals surface area contributed by atoms with Crippen LogP contribution in [0.4, 0.5) is 10.5 Å². The van der Waals surface area contributed by atoms with E-state index in [1.54, 1.807) is 4.90 Å². The normalized spacial score (nSPS) is 19.0. The number of carbonyl (C=O) groups is 2. The molecule has 1 N–H and O–H groups in total. The minimum Gasteiger partial charge on any atom is -0.444 e. The van der Waals surface area contributed by atoms with Gasteiger partial charge in [0.15, 0.2) is 6.29 Å². The van der Waals surface area contributed by atoms with Gasteiger partial charge < -0.3 is 15.0 Å². The summed E-state index contributed by atoms with van der Waals surface area (Å²) in [5, 5.41) is 6.13. The highest BCUT2D eigenvalue weighted by Gasteiger charge is 2.35. The Kier molecular flexibility index (Phi) is 7.24. The molecule has 2 aromatic rings. The number of carbonyl (C=O) groups excluding carboxylic acids is 2. The number of likely N-dealkylation sites (tertiary alicyclic amines) is 1. The lowest BCUT2D eigenvalue weighted by Gasteiger charge is -2.25. The molecule has 1 aromatic carbocycles. The molecule has 168 valence electrons. The Balaban J connectivity index is 2.02. The Labute approximate surface area is 198 Å². The average Bonchev–Trinajstić information content (AvgIpc) is 3.05. The van der Waals surface area contributed by atoms with Gasteiger partial charge in [-0.25, -0.2) is 9.78 Å². The van der Waals surface area contributed by atoms with Crippen LogP contribution in [0.1, 0.15) is 43.6 Å². The molecular formula is C22H29BrN3O3PS. The molecule has 1 saturated heterocycles. The Hall–Kier alpha value is -1.37. The number of anilines is 1. The van der Waals surface area contributed by atoms with Gasteiger partial charge in [0.25, 0.3) is 0 Å². The van der Waals surface area contributed by atoms with E-state index >= 15 is 0 Å². The SMILES string of the molecule is CSc1nc2c(P)c(Br)c(C)cc2c(N[C@@H]2CN(C(=O)OC(C)(C)C)C[C@H]2C)c1C=O. The number of hydrogen-bond acceptors (Lipinski definition) is 6. The zero-order chi connectivity index (χ0) is 23.1. The van der Waals surface area contributed by atoms with E-state index in [0.29, 0.717) is 23.7 Å². The quantitative estimate of drug-likeness (QED) is 0.343. The van der Waals surface area contributed by atoms with Crippen LogP contribution in [0.2, 0.25) is 0 Å². The van der Waals surface area contributed by atoms with Crippen LogP contribution in [0.25, 0.3) is 10.9 Å². The summed E-state index contributed by atoms with van der Waals surface area (Å²) < 4.78 is 6.53. The van der Waals surface area contributed by atoms with Crippen LogP contribution in [0, 0.1) is 12.8 Å². The molecule has 6 nitrogen and oxygen atoms in total. The van der Waals surface area contributed by atoms with Gasteiger partial charge in [0, 0.05) is 34.3 Å². The molecule has 0 spiro atoms. The summed E-state index contributed by atoms with van der Waals surface area (Å²) in [7, 11) is 2.75. The van der Waals surface area contributed by atoms with Crippen LogP contribution < -0.4 is 10.6 Å². The van der Waals surface area contributed by atoms with Gasteiger partial charge in [-0.3, -0.25) is 4.79 Å². The fraction of sp³-hybridized carbons (Fsp3) is 0.500. The van der Waals surface area contributed by atoms with Crippen molar-refractivity contribution >= 4 is 71.2 Å². The molecule has 1 aromatic heterocycles.